The van der Waals surface area contributed by atoms with Crippen molar-refractivity contribution in [2.24, 2.45) is 0 Å². The Morgan fingerprint density at radius 2 is 2.10 bits per heavy atom. The number of carbonyl (C=O) groups is 1. The number of nitrogens with one attached hydrogen (secondary N) is 1. The third kappa shape index (κ3) is 5.04. The average molecular weight is 287 g/mol. The van der Waals surface area contributed by atoms with Crippen LogP contribution in [-0.4, -0.2) is 28.2 Å². The van der Waals surface area contributed by atoms with Gasteiger partial charge < -0.3 is 14.6 Å². The molecule has 112 valence electrons. The summed E-state index contributed by atoms with van der Waals surface area (Å²) in [5.41, 5.74) is 2.12. The SMILES string of the molecule is CC(C)OCCC(=O)NCc1ccc(-n2ccnc2)cc1. The number of nitrogens with zero attached hydrogens (tertiary/aromatic N) is 2. The van der Waals surface area contributed by atoms with Crippen LogP contribution < -0.4 is 5.32 Å². The van der Waals surface area contributed by atoms with Crippen molar-refractivity contribution in [3.63, 3.8) is 0 Å². The van der Waals surface area contributed by atoms with E-state index in [4.69, 9.17) is 4.74 Å². The number of hydrogen-bond donors (Lipinski definition) is 1. The van der Waals surface area contributed by atoms with E-state index in [0.717, 1.165) is 11.3 Å². The van der Waals surface area contributed by atoms with Crippen molar-refractivity contribution in [1.29, 1.82) is 0 Å². The molecule has 0 bridgehead atoms. The van der Waals surface area contributed by atoms with Crippen molar-refractivity contribution >= 4 is 5.91 Å². The van der Waals surface area contributed by atoms with E-state index in [0.29, 0.717) is 19.6 Å². The van der Waals surface area contributed by atoms with Crippen LogP contribution in [0.15, 0.2) is 43.0 Å². The summed E-state index contributed by atoms with van der Waals surface area (Å²) in [6.45, 7) is 4.91. The summed E-state index contributed by atoms with van der Waals surface area (Å²) in [4.78, 5) is 15.7. The van der Waals surface area contributed by atoms with E-state index < -0.39 is 0 Å². The van der Waals surface area contributed by atoms with Crippen molar-refractivity contribution in [3.8, 4) is 5.69 Å². The summed E-state index contributed by atoms with van der Waals surface area (Å²) in [7, 11) is 0. The second-order valence-corrected chi connectivity index (χ2v) is 5.08. The Morgan fingerprint density at radius 3 is 2.71 bits per heavy atom. The van der Waals surface area contributed by atoms with Crippen molar-refractivity contribution in [1.82, 2.24) is 14.9 Å². The molecule has 0 radical (unpaired) electrons. The molecule has 1 N–H and O–H groups in total. The Kier molecular flexibility index (Phi) is 5.51. The van der Waals surface area contributed by atoms with Gasteiger partial charge in [-0.2, -0.15) is 0 Å². The molecule has 1 aromatic carbocycles. The predicted octanol–water partition coefficient (Wildman–Crippen LogP) is 2.30. The van der Waals surface area contributed by atoms with E-state index in [1.54, 1.807) is 12.5 Å². The fourth-order valence-electron chi connectivity index (χ4n) is 1.87. The summed E-state index contributed by atoms with van der Waals surface area (Å²) >= 11 is 0. The van der Waals surface area contributed by atoms with Gasteiger partial charge in [-0.15, -0.1) is 0 Å². The van der Waals surface area contributed by atoms with Crippen LogP contribution in [0.25, 0.3) is 5.69 Å². The van der Waals surface area contributed by atoms with Crippen molar-refractivity contribution in [2.45, 2.75) is 32.9 Å². The van der Waals surface area contributed by atoms with Crippen LogP contribution >= 0.6 is 0 Å². The number of hydrogen-bond acceptors (Lipinski definition) is 3. The van der Waals surface area contributed by atoms with Gasteiger partial charge >= 0.3 is 0 Å². The maximum atomic E-state index is 11.6. The lowest BCUT2D eigenvalue weighted by atomic mass is 10.2. The summed E-state index contributed by atoms with van der Waals surface area (Å²) in [6, 6.07) is 8.01. The molecule has 0 spiro atoms. The van der Waals surface area contributed by atoms with Crippen LogP contribution in [0.2, 0.25) is 0 Å². The minimum Gasteiger partial charge on any atom is -0.378 e. The fourth-order valence-corrected chi connectivity index (χ4v) is 1.87. The molecule has 0 saturated heterocycles. The number of amides is 1. The first-order valence-corrected chi connectivity index (χ1v) is 7.10. The van der Waals surface area contributed by atoms with Gasteiger partial charge in [0.2, 0.25) is 5.91 Å². The van der Waals surface area contributed by atoms with Gasteiger partial charge in [0.15, 0.2) is 0 Å². The molecule has 0 saturated carbocycles. The van der Waals surface area contributed by atoms with E-state index in [1.165, 1.54) is 0 Å². The topological polar surface area (TPSA) is 56.1 Å². The standard InChI is InChI=1S/C16H21N3O2/c1-13(2)21-10-7-16(20)18-11-14-3-5-15(6-4-14)19-9-8-17-12-19/h3-6,8-9,12-13H,7,10-11H2,1-2H3,(H,18,20). The summed E-state index contributed by atoms with van der Waals surface area (Å²) in [5.74, 6) is 0.00864. The lowest BCUT2D eigenvalue weighted by Gasteiger charge is -2.09. The van der Waals surface area contributed by atoms with Gasteiger partial charge in [0.05, 0.1) is 19.0 Å². The van der Waals surface area contributed by atoms with E-state index in [-0.39, 0.29) is 12.0 Å². The second kappa shape index (κ2) is 7.59. The molecule has 0 aliphatic rings. The second-order valence-electron chi connectivity index (χ2n) is 5.08. The normalized spacial score (nSPS) is 10.8. The van der Waals surface area contributed by atoms with Crippen LogP contribution in [0.3, 0.4) is 0 Å². The Hall–Kier alpha value is -2.14. The number of rotatable bonds is 7. The Balaban J connectivity index is 1.77. The first-order chi connectivity index (χ1) is 10.1. The van der Waals surface area contributed by atoms with E-state index in [1.807, 2.05) is 48.9 Å². The highest BCUT2D eigenvalue weighted by atomic mass is 16.5. The third-order valence-corrected chi connectivity index (χ3v) is 3.01. The quantitative estimate of drug-likeness (QED) is 0.850. The number of imidazole rings is 1. The van der Waals surface area contributed by atoms with Gasteiger partial charge in [-0.1, -0.05) is 12.1 Å². The zero-order valence-electron chi connectivity index (χ0n) is 12.5. The minimum atomic E-state index is 0.00864. The Bertz CT molecular complexity index is 547. The van der Waals surface area contributed by atoms with Gasteiger partial charge in [-0.05, 0) is 31.5 Å². The molecule has 2 rings (SSSR count). The van der Waals surface area contributed by atoms with Crippen LogP contribution in [0.1, 0.15) is 25.8 Å². The summed E-state index contributed by atoms with van der Waals surface area (Å²) < 4.78 is 7.29. The zero-order chi connectivity index (χ0) is 15.1. The summed E-state index contributed by atoms with van der Waals surface area (Å²) in [6.07, 6.45) is 5.95. The molecule has 2 aromatic rings. The van der Waals surface area contributed by atoms with Crippen molar-refractivity contribution in [3.05, 3.63) is 48.5 Å². The largest absolute Gasteiger partial charge is 0.378 e. The third-order valence-electron chi connectivity index (χ3n) is 3.01. The predicted molar refractivity (Wildman–Crippen MR) is 81.1 cm³/mol. The van der Waals surface area contributed by atoms with Crippen molar-refractivity contribution < 1.29 is 9.53 Å². The molecule has 1 aromatic heterocycles. The number of ether oxygens (including phenoxy) is 1. The highest BCUT2D eigenvalue weighted by molar-refractivity contribution is 5.75. The molecular weight excluding hydrogens is 266 g/mol. The van der Waals surface area contributed by atoms with E-state index in [9.17, 15) is 4.79 Å². The summed E-state index contributed by atoms with van der Waals surface area (Å²) in [5, 5.41) is 2.89. The van der Waals surface area contributed by atoms with Gasteiger partial charge in [-0.25, -0.2) is 4.98 Å². The maximum absolute atomic E-state index is 11.6. The number of benzene rings is 1. The van der Waals surface area contributed by atoms with E-state index in [2.05, 4.69) is 10.3 Å². The molecule has 21 heavy (non-hydrogen) atoms. The monoisotopic (exact) mass is 287 g/mol. The zero-order valence-corrected chi connectivity index (χ0v) is 12.5. The van der Waals surface area contributed by atoms with Crippen LogP contribution in [0.5, 0.6) is 0 Å². The number of carbonyl (C=O) groups excluding carboxylic acids is 1. The molecule has 0 aliphatic heterocycles. The molecule has 0 unspecified atom stereocenters. The highest BCUT2D eigenvalue weighted by Gasteiger charge is 2.03. The van der Waals surface area contributed by atoms with Gasteiger partial charge in [-0.3, -0.25) is 4.79 Å². The molecule has 1 heterocycles. The molecule has 0 atom stereocenters. The molecule has 1 amide bonds. The van der Waals surface area contributed by atoms with Crippen LogP contribution in [-0.2, 0) is 16.1 Å². The molecular formula is C16H21N3O2. The number of aromatic nitrogens is 2. The van der Waals surface area contributed by atoms with Crippen LogP contribution in [0, 0.1) is 0 Å². The first kappa shape index (κ1) is 15.3. The highest BCUT2D eigenvalue weighted by Crippen LogP contribution is 2.09. The molecule has 0 fully saturated rings. The van der Waals surface area contributed by atoms with Crippen molar-refractivity contribution in [2.75, 3.05) is 6.61 Å². The minimum absolute atomic E-state index is 0.00864. The van der Waals surface area contributed by atoms with Gasteiger partial charge in [0.25, 0.3) is 0 Å². The lowest BCUT2D eigenvalue weighted by molar-refractivity contribution is -0.122. The molecule has 0 aliphatic carbocycles. The maximum Gasteiger partial charge on any atom is 0.222 e. The smallest absolute Gasteiger partial charge is 0.222 e. The van der Waals surface area contributed by atoms with Crippen LogP contribution in [0.4, 0.5) is 0 Å². The Labute approximate surface area is 125 Å². The lowest BCUT2D eigenvalue weighted by Crippen LogP contribution is -2.24. The van der Waals surface area contributed by atoms with Gasteiger partial charge in [0, 0.05) is 31.0 Å². The molecule has 5 nitrogen and oxygen atoms in total. The molecule has 5 heteroatoms. The Morgan fingerprint density at radius 1 is 1.33 bits per heavy atom. The van der Waals surface area contributed by atoms with Gasteiger partial charge in [0.1, 0.15) is 0 Å². The average Bonchev–Trinajstić information content (AvgIpc) is 2.99. The fraction of sp³-hybridized carbons (Fsp3) is 0.375. The first-order valence-electron chi connectivity index (χ1n) is 7.10. The van der Waals surface area contributed by atoms with E-state index >= 15 is 0 Å².